The van der Waals surface area contributed by atoms with Crippen LogP contribution >= 0.6 is 0 Å². The van der Waals surface area contributed by atoms with Gasteiger partial charge in [-0.2, -0.15) is 4.31 Å². The third-order valence-corrected chi connectivity index (χ3v) is 8.01. The van der Waals surface area contributed by atoms with Gasteiger partial charge in [0.2, 0.25) is 15.9 Å². The van der Waals surface area contributed by atoms with E-state index in [1.165, 1.54) is 44.2 Å². The third-order valence-electron chi connectivity index (χ3n) is 6.16. The first-order valence-electron chi connectivity index (χ1n) is 11.2. The number of rotatable bonds is 7. The van der Waals surface area contributed by atoms with Crippen molar-refractivity contribution in [2.75, 3.05) is 14.2 Å². The molecule has 0 radical (unpaired) electrons. The maximum Gasteiger partial charge on any atom is 0.326 e. The van der Waals surface area contributed by atoms with E-state index in [4.69, 9.17) is 9.47 Å². The summed E-state index contributed by atoms with van der Waals surface area (Å²) in [5.41, 5.74) is 0.778. The molecule has 0 spiro atoms. The van der Waals surface area contributed by atoms with Crippen LogP contribution in [-0.4, -0.2) is 66.4 Å². The molecule has 1 N–H and O–H groups in total. The highest BCUT2D eigenvalue weighted by Gasteiger charge is 2.45. The number of carboxylic acid groups (broad SMARTS) is 1. The highest BCUT2D eigenvalue weighted by molar-refractivity contribution is 7.89. The van der Waals surface area contributed by atoms with Crippen molar-refractivity contribution in [1.82, 2.24) is 9.21 Å². The zero-order chi connectivity index (χ0) is 26.1. The van der Waals surface area contributed by atoms with Gasteiger partial charge in [0.15, 0.2) is 11.5 Å². The minimum absolute atomic E-state index is 0.0251. The van der Waals surface area contributed by atoms with Crippen LogP contribution in [0.15, 0.2) is 47.4 Å². The SMILES string of the molecule is COc1ccc(S(=O)(=O)N2Cc3ccccc3CC2C(=O)N(C(C)C(=O)O)C(C)(C)C)cc1OC. The number of benzene rings is 2. The lowest BCUT2D eigenvalue weighted by atomic mass is 9.93. The fourth-order valence-corrected chi connectivity index (χ4v) is 6.02. The van der Waals surface area contributed by atoms with Crippen molar-refractivity contribution in [2.45, 2.75) is 63.2 Å². The lowest BCUT2D eigenvalue weighted by Crippen LogP contribution is -2.61. The molecule has 1 heterocycles. The van der Waals surface area contributed by atoms with Gasteiger partial charge < -0.3 is 19.5 Å². The van der Waals surface area contributed by atoms with E-state index in [9.17, 15) is 23.1 Å². The average Bonchev–Trinajstić information content (AvgIpc) is 2.81. The van der Waals surface area contributed by atoms with E-state index in [0.717, 1.165) is 15.4 Å². The molecule has 1 amide bonds. The summed E-state index contributed by atoms with van der Waals surface area (Å²) < 4.78 is 39.5. The van der Waals surface area contributed by atoms with Gasteiger partial charge in [-0.15, -0.1) is 0 Å². The molecule has 9 nitrogen and oxygen atoms in total. The number of fused-ring (bicyclic) bond motifs is 1. The lowest BCUT2D eigenvalue weighted by molar-refractivity contribution is -0.156. The Bertz CT molecular complexity index is 1220. The van der Waals surface area contributed by atoms with Gasteiger partial charge in [0.05, 0.1) is 19.1 Å². The van der Waals surface area contributed by atoms with Crippen LogP contribution in [0, 0.1) is 0 Å². The Morgan fingerprint density at radius 1 is 1.06 bits per heavy atom. The summed E-state index contributed by atoms with van der Waals surface area (Å²) in [6.45, 7) is 6.59. The first kappa shape index (κ1) is 26.5. The van der Waals surface area contributed by atoms with Crippen LogP contribution in [0.25, 0.3) is 0 Å². The highest BCUT2D eigenvalue weighted by Crippen LogP contribution is 2.35. The summed E-state index contributed by atoms with van der Waals surface area (Å²) in [5.74, 6) is -1.12. The predicted molar refractivity (Wildman–Crippen MR) is 130 cm³/mol. The van der Waals surface area contributed by atoms with E-state index in [2.05, 4.69) is 0 Å². The Kier molecular flexibility index (Phi) is 7.47. The topological polar surface area (TPSA) is 113 Å². The van der Waals surface area contributed by atoms with Crippen LogP contribution in [0.1, 0.15) is 38.8 Å². The van der Waals surface area contributed by atoms with E-state index in [1.807, 2.05) is 24.3 Å². The number of methoxy groups -OCH3 is 2. The largest absolute Gasteiger partial charge is 0.493 e. The van der Waals surface area contributed by atoms with Crippen LogP contribution < -0.4 is 9.47 Å². The lowest BCUT2D eigenvalue weighted by Gasteiger charge is -2.44. The average molecular weight is 505 g/mol. The Labute approximate surface area is 206 Å². The van der Waals surface area contributed by atoms with Gasteiger partial charge in [0.1, 0.15) is 12.1 Å². The predicted octanol–water partition coefficient (Wildman–Crippen LogP) is 2.92. The van der Waals surface area contributed by atoms with Gasteiger partial charge in [-0.1, -0.05) is 24.3 Å². The normalized spacial score (nSPS) is 17.3. The number of carbonyl (C=O) groups excluding carboxylic acids is 1. The minimum Gasteiger partial charge on any atom is -0.493 e. The molecule has 0 aliphatic carbocycles. The van der Waals surface area contributed by atoms with Crippen molar-refractivity contribution in [2.24, 2.45) is 0 Å². The zero-order valence-corrected chi connectivity index (χ0v) is 21.6. The van der Waals surface area contributed by atoms with Crippen molar-refractivity contribution >= 4 is 21.9 Å². The van der Waals surface area contributed by atoms with Crippen molar-refractivity contribution in [3.63, 3.8) is 0 Å². The molecule has 2 aromatic rings. The van der Waals surface area contributed by atoms with E-state index < -0.39 is 39.5 Å². The molecule has 35 heavy (non-hydrogen) atoms. The second-order valence-electron chi connectivity index (χ2n) is 9.45. The molecular weight excluding hydrogens is 472 g/mol. The number of aliphatic carboxylic acids is 1. The molecule has 1 aliphatic rings. The van der Waals surface area contributed by atoms with E-state index >= 15 is 0 Å². The Morgan fingerprint density at radius 2 is 1.66 bits per heavy atom. The fraction of sp³-hybridized carbons (Fsp3) is 0.440. The molecule has 1 aliphatic heterocycles. The number of carboxylic acids is 1. The molecule has 0 saturated carbocycles. The zero-order valence-electron chi connectivity index (χ0n) is 20.8. The molecule has 0 fully saturated rings. The summed E-state index contributed by atoms with van der Waals surface area (Å²) >= 11 is 0. The smallest absolute Gasteiger partial charge is 0.326 e. The highest BCUT2D eigenvalue weighted by atomic mass is 32.2. The second-order valence-corrected chi connectivity index (χ2v) is 11.3. The van der Waals surface area contributed by atoms with Gasteiger partial charge in [-0.25, -0.2) is 13.2 Å². The summed E-state index contributed by atoms with van der Waals surface area (Å²) in [6.07, 6.45) is 0.125. The number of hydrogen-bond acceptors (Lipinski definition) is 6. The molecule has 190 valence electrons. The second kappa shape index (κ2) is 9.87. The van der Waals surface area contributed by atoms with Crippen LogP contribution in [0.3, 0.4) is 0 Å². The summed E-state index contributed by atoms with van der Waals surface area (Å²) in [6, 6.07) is 9.32. The third kappa shape index (κ3) is 5.13. The molecule has 10 heteroatoms. The van der Waals surface area contributed by atoms with Gasteiger partial charge in [-0.3, -0.25) is 4.79 Å². The number of nitrogens with zero attached hydrogens (tertiary/aromatic N) is 2. The first-order valence-corrected chi connectivity index (χ1v) is 12.6. The molecule has 0 aromatic heterocycles. The van der Waals surface area contributed by atoms with Gasteiger partial charge in [0.25, 0.3) is 0 Å². The van der Waals surface area contributed by atoms with E-state index in [-0.39, 0.29) is 23.6 Å². The quantitative estimate of drug-likeness (QED) is 0.617. The van der Waals surface area contributed by atoms with Crippen molar-refractivity contribution in [1.29, 1.82) is 0 Å². The van der Waals surface area contributed by atoms with Crippen LogP contribution in [-0.2, 0) is 32.6 Å². The molecule has 2 atom stereocenters. The molecular formula is C25H32N2O7S. The number of ether oxygens (including phenoxy) is 2. The summed E-state index contributed by atoms with van der Waals surface area (Å²) in [4.78, 5) is 27.0. The van der Waals surface area contributed by atoms with E-state index in [0.29, 0.717) is 5.75 Å². The molecule has 0 bridgehead atoms. The van der Waals surface area contributed by atoms with Crippen molar-refractivity contribution < 1.29 is 32.6 Å². The number of amides is 1. The van der Waals surface area contributed by atoms with Crippen molar-refractivity contribution in [3.8, 4) is 11.5 Å². The van der Waals surface area contributed by atoms with Crippen LogP contribution in [0.4, 0.5) is 0 Å². The monoisotopic (exact) mass is 504 g/mol. The van der Waals surface area contributed by atoms with E-state index in [1.54, 1.807) is 20.8 Å². The maximum absolute atomic E-state index is 13.9. The number of sulfonamides is 1. The first-order chi connectivity index (χ1) is 16.3. The maximum atomic E-state index is 13.9. The van der Waals surface area contributed by atoms with Gasteiger partial charge in [-0.05, 0) is 57.4 Å². The molecule has 3 rings (SSSR count). The Balaban J connectivity index is 2.15. The Hall–Kier alpha value is -3.11. The van der Waals surface area contributed by atoms with Gasteiger partial charge in [0, 0.05) is 18.2 Å². The minimum atomic E-state index is -4.18. The van der Waals surface area contributed by atoms with Crippen LogP contribution in [0.2, 0.25) is 0 Å². The van der Waals surface area contributed by atoms with Gasteiger partial charge >= 0.3 is 5.97 Å². The number of hydrogen-bond donors (Lipinski definition) is 1. The standard InChI is InChI=1S/C25H32N2O7S/c1-16(24(29)30)27(25(2,3)4)23(28)20-13-17-9-7-8-10-18(17)15-26(20)35(31,32)19-11-12-21(33-5)22(14-19)34-6/h7-12,14,16,20H,13,15H2,1-6H3,(H,29,30). The molecule has 2 aromatic carbocycles. The summed E-state index contributed by atoms with van der Waals surface area (Å²) in [7, 11) is -1.32. The van der Waals surface area contributed by atoms with Crippen molar-refractivity contribution in [3.05, 3.63) is 53.6 Å². The molecule has 0 saturated heterocycles. The number of carbonyl (C=O) groups is 2. The fourth-order valence-electron chi connectivity index (χ4n) is 4.45. The Morgan fingerprint density at radius 3 is 2.20 bits per heavy atom. The molecule has 2 unspecified atom stereocenters. The summed E-state index contributed by atoms with van der Waals surface area (Å²) in [5, 5.41) is 9.68. The van der Waals surface area contributed by atoms with Crippen LogP contribution in [0.5, 0.6) is 11.5 Å².